The summed E-state index contributed by atoms with van der Waals surface area (Å²) in [5, 5.41) is 20.5. The van der Waals surface area contributed by atoms with Crippen LogP contribution >= 0.6 is 0 Å². The molecule has 2 amide bonds. The van der Waals surface area contributed by atoms with E-state index in [9.17, 15) is 10.1 Å². The molecule has 0 aromatic carbocycles. The van der Waals surface area contributed by atoms with Gasteiger partial charge in [-0.05, 0) is 18.6 Å². The summed E-state index contributed by atoms with van der Waals surface area (Å²) < 4.78 is 2.09. The summed E-state index contributed by atoms with van der Waals surface area (Å²) in [6.45, 7) is 3.80. The molecule has 1 N–H and O–H groups in total. The molecule has 2 aliphatic rings. The Morgan fingerprint density at radius 1 is 1.23 bits per heavy atom. The minimum atomic E-state index is -0.0958. The molecule has 2 aromatic rings. The number of hydrogen-bond acceptors (Lipinski definition) is 6. The fourth-order valence-corrected chi connectivity index (χ4v) is 3.47. The summed E-state index contributed by atoms with van der Waals surface area (Å²) in [5.41, 5.74) is 0.561. The van der Waals surface area contributed by atoms with Crippen molar-refractivity contribution in [3.8, 4) is 6.07 Å². The lowest BCUT2D eigenvalue weighted by Crippen LogP contribution is -2.52. The molecule has 0 bridgehead atoms. The lowest BCUT2D eigenvalue weighted by atomic mass is 10.2. The Kier molecular flexibility index (Phi) is 4.39. The standard InChI is InChI=1S/C17H20N8O/c18-11-13-3-1-5-19-16(13)23-7-9-24(10-8-23)17(26)20-12-15-22-21-14-4-2-6-25(14)15/h1,3,5H,2,4,6-10,12H2,(H,20,26). The first-order valence-electron chi connectivity index (χ1n) is 8.80. The highest BCUT2D eigenvalue weighted by atomic mass is 16.2. The molecular formula is C17H20N8O. The Hall–Kier alpha value is -3.15. The topological polar surface area (TPSA) is 103 Å². The predicted molar refractivity (Wildman–Crippen MR) is 93.3 cm³/mol. The number of hydrogen-bond donors (Lipinski definition) is 1. The van der Waals surface area contributed by atoms with Crippen molar-refractivity contribution in [3.63, 3.8) is 0 Å². The maximum absolute atomic E-state index is 12.4. The maximum atomic E-state index is 12.4. The van der Waals surface area contributed by atoms with Crippen LogP contribution in [-0.4, -0.2) is 56.9 Å². The van der Waals surface area contributed by atoms with E-state index in [4.69, 9.17) is 0 Å². The Bertz CT molecular complexity index is 847. The van der Waals surface area contributed by atoms with Gasteiger partial charge in [0.2, 0.25) is 0 Å². The lowest BCUT2D eigenvalue weighted by molar-refractivity contribution is 0.193. The first-order valence-corrected chi connectivity index (χ1v) is 8.80. The van der Waals surface area contributed by atoms with E-state index in [0.717, 1.165) is 31.0 Å². The van der Waals surface area contributed by atoms with Crippen LogP contribution in [0.1, 0.15) is 23.6 Å². The van der Waals surface area contributed by atoms with Crippen molar-refractivity contribution < 1.29 is 4.79 Å². The zero-order chi connectivity index (χ0) is 17.9. The quantitative estimate of drug-likeness (QED) is 0.864. The van der Waals surface area contributed by atoms with Crippen molar-refractivity contribution in [1.82, 2.24) is 30.0 Å². The number of carbonyl (C=O) groups excluding carboxylic acids is 1. The van der Waals surface area contributed by atoms with Crippen LogP contribution in [0.3, 0.4) is 0 Å². The Morgan fingerprint density at radius 2 is 2.08 bits per heavy atom. The summed E-state index contributed by atoms with van der Waals surface area (Å²) in [6.07, 6.45) is 3.74. The van der Waals surface area contributed by atoms with Crippen molar-refractivity contribution in [2.75, 3.05) is 31.1 Å². The number of aryl methyl sites for hydroxylation is 1. The van der Waals surface area contributed by atoms with Crippen molar-refractivity contribution in [3.05, 3.63) is 35.5 Å². The van der Waals surface area contributed by atoms with Gasteiger partial charge in [0.15, 0.2) is 5.82 Å². The van der Waals surface area contributed by atoms with Crippen LogP contribution in [0.4, 0.5) is 10.6 Å². The monoisotopic (exact) mass is 352 g/mol. The molecule has 2 aromatic heterocycles. The average molecular weight is 352 g/mol. The second kappa shape index (κ2) is 7.00. The smallest absolute Gasteiger partial charge is 0.317 e. The van der Waals surface area contributed by atoms with Crippen LogP contribution in [0, 0.1) is 11.3 Å². The lowest BCUT2D eigenvalue weighted by Gasteiger charge is -2.35. The number of piperazine rings is 1. The molecule has 0 saturated carbocycles. The molecule has 0 radical (unpaired) electrons. The van der Waals surface area contributed by atoms with Crippen molar-refractivity contribution in [1.29, 1.82) is 5.26 Å². The van der Waals surface area contributed by atoms with Gasteiger partial charge in [-0.15, -0.1) is 10.2 Å². The number of rotatable bonds is 3. The molecule has 4 heterocycles. The number of pyridine rings is 1. The van der Waals surface area contributed by atoms with Gasteiger partial charge >= 0.3 is 6.03 Å². The molecule has 0 atom stereocenters. The fraction of sp³-hybridized carbons (Fsp3) is 0.471. The van der Waals surface area contributed by atoms with Crippen molar-refractivity contribution >= 4 is 11.8 Å². The number of nitrogens with zero attached hydrogens (tertiary/aromatic N) is 7. The van der Waals surface area contributed by atoms with Crippen molar-refractivity contribution in [2.45, 2.75) is 25.9 Å². The summed E-state index contributed by atoms with van der Waals surface area (Å²) in [4.78, 5) is 20.6. The van der Waals surface area contributed by atoms with Crippen LogP contribution in [0.2, 0.25) is 0 Å². The number of carbonyl (C=O) groups is 1. The van der Waals surface area contributed by atoms with E-state index in [0.29, 0.717) is 44.1 Å². The normalized spacial score (nSPS) is 16.3. The number of amides is 2. The molecule has 1 saturated heterocycles. The van der Waals surface area contributed by atoms with Gasteiger partial charge in [0, 0.05) is 45.3 Å². The molecule has 134 valence electrons. The highest BCUT2D eigenvalue weighted by Crippen LogP contribution is 2.18. The second-order valence-corrected chi connectivity index (χ2v) is 6.41. The molecule has 0 aliphatic carbocycles. The fourth-order valence-electron chi connectivity index (χ4n) is 3.47. The number of nitriles is 1. The Morgan fingerprint density at radius 3 is 2.88 bits per heavy atom. The van der Waals surface area contributed by atoms with Crippen LogP contribution in [0.15, 0.2) is 18.3 Å². The molecular weight excluding hydrogens is 332 g/mol. The number of anilines is 1. The minimum absolute atomic E-state index is 0.0958. The van der Waals surface area contributed by atoms with E-state index in [2.05, 4.69) is 31.1 Å². The van der Waals surface area contributed by atoms with E-state index >= 15 is 0 Å². The average Bonchev–Trinajstić information content (AvgIpc) is 3.30. The number of fused-ring (bicyclic) bond motifs is 1. The van der Waals surface area contributed by atoms with Gasteiger partial charge in [0.25, 0.3) is 0 Å². The van der Waals surface area contributed by atoms with E-state index in [1.54, 1.807) is 23.2 Å². The van der Waals surface area contributed by atoms with E-state index in [1.165, 1.54) is 0 Å². The van der Waals surface area contributed by atoms with E-state index < -0.39 is 0 Å². The molecule has 1 fully saturated rings. The Labute approximate surface area is 151 Å². The van der Waals surface area contributed by atoms with Crippen LogP contribution in [0.5, 0.6) is 0 Å². The SMILES string of the molecule is N#Cc1cccnc1N1CCN(C(=O)NCc2nnc3n2CCC3)CC1. The predicted octanol–water partition coefficient (Wildman–Crippen LogP) is 0.523. The van der Waals surface area contributed by atoms with Crippen LogP contribution < -0.4 is 10.2 Å². The zero-order valence-electron chi connectivity index (χ0n) is 14.4. The van der Waals surface area contributed by atoms with Crippen LogP contribution in [-0.2, 0) is 19.5 Å². The second-order valence-electron chi connectivity index (χ2n) is 6.41. The molecule has 2 aliphatic heterocycles. The maximum Gasteiger partial charge on any atom is 0.317 e. The largest absolute Gasteiger partial charge is 0.352 e. The van der Waals surface area contributed by atoms with Gasteiger partial charge < -0.3 is 19.7 Å². The summed E-state index contributed by atoms with van der Waals surface area (Å²) in [6, 6.07) is 5.59. The van der Waals surface area contributed by atoms with Crippen LogP contribution in [0.25, 0.3) is 0 Å². The Balaban J connectivity index is 1.31. The third-order valence-corrected chi connectivity index (χ3v) is 4.86. The molecule has 9 heteroatoms. The highest BCUT2D eigenvalue weighted by Gasteiger charge is 2.24. The highest BCUT2D eigenvalue weighted by molar-refractivity contribution is 5.74. The molecule has 0 spiro atoms. The summed E-state index contributed by atoms with van der Waals surface area (Å²) in [7, 11) is 0. The van der Waals surface area contributed by atoms with E-state index in [1.807, 2.05) is 4.90 Å². The van der Waals surface area contributed by atoms with Gasteiger partial charge in [-0.3, -0.25) is 0 Å². The number of urea groups is 1. The summed E-state index contributed by atoms with van der Waals surface area (Å²) in [5.74, 6) is 2.51. The van der Waals surface area contributed by atoms with Crippen molar-refractivity contribution in [2.24, 2.45) is 0 Å². The minimum Gasteiger partial charge on any atom is -0.352 e. The van der Waals surface area contributed by atoms with Gasteiger partial charge in [-0.2, -0.15) is 5.26 Å². The first-order chi connectivity index (χ1) is 12.8. The third kappa shape index (κ3) is 3.06. The van der Waals surface area contributed by atoms with Gasteiger partial charge in [0.1, 0.15) is 17.7 Å². The molecule has 4 rings (SSSR count). The number of nitrogens with one attached hydrogen (secondary N) is 1. The zero-order valence-corrected chi connectivity index (χ0v) is 14.4. The number of aromatic nitrogens is 4. The van der Waals surface area contributed by atoms with E-state index in [-0.39, 0.29) is 6.03 Å². The summed E-state index contributed by atoms with van der Waals surface area (Å²) >= 11 is 0. The van der Waals surface area contributed by atoms with Gasteiger partial charge in [0.05, 0.1) is 12.1 Å². The van der Waals surface area contributed by atoms with Gasteiger partial charge in [-0.1, -0.05) is 0 Å². The molecule has 0 unspecified atom stereocenters. The van der Waals surface area contributed by atoms with Gasteiger partial charge in [-0.25, -0.2) is 9.78 Å². The molecule has 9 nitrogen and oxygen atoms in total. The first kappa shape index (κ1) is 16.3. The third-order valence-electron chi connectivity index (χ3n) is 4.86. The molecule has 26 heavy (non-hydrogen) atoms.